The van der Waals surface area contributed by atoms with Gasteiger partial charge in [-0.25, -0.2) is 8.42 Å². The van der Waals surface area contributed by atoms with E-state index in [2.05, 4.69) is 5.16 Å². The Morgan fingerprint density at radius 1 is 1.38 bits per heavy atom. The van der Waals surface area contributed by atoms with E-state index >= 15 is 0 Å². The summed E-state index contributed by atoms with van der Waals surface area (Å²) in [5.41, 5.74) is 2.33. The molecule has 0 aliphatic carbocycles. The van der Waals surface area contributed by atoms with Gasteiger partial charge in [-0.3, -0.25) is 0 Å². The molecule has 2 rings (SSSR count). The van der Waals surface area contributed by atoms with Gasteiger partial charge in [0, 0.05) is 12.0 Å². The van der Waals surface area contributed by atoms with Crippen LogP contribution >= 0.6 is 0 Å². The second-order valence-corrected chi connectivity index (χ2v) is 5.82. The van der Waals surface area contributed by atoms with Gasteiger partial charge in [-0.15, -0.1) is 0 Å². The minimum absolute atomic E-state index is 0.103. The molecule has 0 radical (unpaired) electrons. The largest absolute Gasteiger partial charge is 0.399 e. The number of benzene rings is 1. The predicted octanol–water partition coefficient (Wildman–Crippen LogP) is 1.52. The van der Waals surface area contributed by atoms with Gasteiger partial charge >= 0.3 is 0 Å². The first-order valence-electron chi connectivity index (χ1n) is 4.99. The number of fused-ring (bicyclic) bond motifs is 1. The average Bonchev–Trinajstić information content (AvgIpc) is 2.23. The van der Waals surface area contributed by atoms with Gasteiger partial charge in [-0.05, 0) is 18.6 Å². The highest BCUT2D eigenvalue weighted by molar-refractivity contribution is 7.91. The summed E-state index contributed by atoms with van der Waals surface area (Å²) >= 11 is 0. The highest BCUT2D eigenvalue weighted by Gasteiger charge is 2.28. The van der Waals surface area contributed by atoms with E-state index in [4.69, 9.17) is 4.84 Å². The van der Waals surface area contributed by atoms with Crippen molar-refractivity contribution >= 4 is 15.5 Å². The average molecular weight is 239 g/mol. The topological polar surface area (TPSA) is 55.7 Å². The van der Waals surface area contributed by atoms with Crippen LogP contribution in [0.4, 0.5) is 0 Å². The molecular weight excluding hydrogens is 226 g/mol. The lowest BCUT2D eigenvalue weighted by Gasteiger charge is -2.19. The van der Waals surface area contributed by atoms with E-state index < -0.39 is 9.84 Å². The Hall–Kier alpha value is -1.36. The third-order valence-corrected chi connectivity index (χ3v) is 4.42. The van der Waals surface area contributed by atoms with Crippen molar-refractivity contribution in [2.24, 2.45) is 5.16 Å². The Bertz CT molecular complexity index is 546. The van der Waals surface area contributed by atoms with Crippen LogP contribution in [-0.2, 0) is 14.7 Å². The van der Waals surface area contributed by atoms with Crippen molar-refractivity contribution in [3.8, 4) is 0 Å². The van der Waals surface area contributed by atoms with Crippen LogP contribution in [0.1, 0.15) is 17.5 Å². The molecule has 1 aromatic rings. The number of hydrogen-bond acceptors (Lipinski definition) is 4. The zero-order chi connectivity index (χ0) is 11.8. The molecule has 0 fully saturated rings. The number of sulfone groups is 1. The molecule has 0 aromatic heterocycles. The third-order valence-electron chi connectivity index (χ3n) is 2.67. The smallest absolute Gasteiger partial charge is 0.179 e. The zero-order valence-corrected chi connectivity index (χ0v) is 10.0. The first-order valence-corrected chi connectivity index (χ1v) is 6.64. The van der Waals surface area contributed by atoms with E-state index in [-0.39, 0.29) is 5.75 Å². The van der Waals surface area contributed by atoms with Crippen LogP contribution in [0.2, 0.25) is 0 Å². The van der Waals surface area contributed by atoms with Crippen molar-refractivity contribution in [1.82, 2.24) is 0 Å². The molecular formula is C11H13NO3S. The Kier molecular flexibility index (Phi) is 2.71. The van der Waals surface area contributed by atoms with Crippen LogP contribution in [0.25, 0.3) is 0 Å². The molecule has 0 atom stereocenters. The number of rotatable bonds is 1. The van der Waals surface area contributed by atoms with E-state index in [1.807, 2.05) is 13.0 Å². The minimum Gasteiger partial charge on any atom is -0.399 e. The second kappa shape index (κ2) is 3.90. The van der Waals surface area contributed by atoms with Crippen LogP contribution in [0.3, 0.4) is 0 Å². The van der Waals surface area contributed by atoms with E-state index in [9.17, 15) is 8.42 Å². The summed E-state index contributed by atoms with van der Waals surface area (Å²) in [5.74, 6) is 0.103. The fourth-order valence-corrected chi connectivity index (χ4v) is 3.49. The number of oxime groups is 1. The normalized spacial score (nSPS) is 20.5. The van der Waals surface area contributed by atoms with Crippen molar-refractivity contribution in [2.45, 2.75) is 18.2 Å². The Morgan fingerprint density at radius 3 is 2.81 bits per heavy atom. The number of aryl methyl sites for hydroxylation is 1. The molecule has 86 valence electrons. The lowest BCUT2D eigenvalue weighted by molar-refractivity contribution is 0.213. The van der Waals surface area contributed by atoms with Crippen molar-refractivity contribution in [3.05, 3.63) is 29.3 Å². The first kappa shape index (κ1) is 11.1. The van der Waals surface area contributed by atoms with E-state index in [0.717, 1.165) is 5.56 Å². The van der Waals surface area contributed by atoms with E-state index in [0.29, 0.717) is 22.6 Å². The van der Waals surface area contributed by atoms with Crippen molar-refractivity contribution < 1.29 is 13.3 Å². The molecule has 1 aliphatic rings. The maximum atomic E-state index is 11.9. The fraction of sp³-hybridized carbons (Fsp3) is 0.364. The fourth-order valence-electron chi connectivity index (χ4n) is 1.94. The molecule has 0 saturated carbocycles. The maximum Gasteiger partial charge on any atom is 0.179 e. The molecule has 5 heteroatoms. The lowest BCUT2D eigenvalue weighted by Crippen LogP contribution is -2.23. The molecule has 0 N–H and O–H groups in total. The Labute approximate surface area is 94.8 Å². The SMILES string of the molecule is CON=C1CCS(=O)(=O)c2cccc(C)c21. The molecule has 0 unspecified atom stereocenters. The summed E-state index contributed by atoms with van der Waals surface area (Å²) in [7, 11) is -1.69. The lowest BCUT2D eigenvalue weighted by atomic mass is 10.0. The Morgan fingerprint density at radius 2 is 2.12 bits per heavy atom. The molecule has 16 heavy (non-hydrogen) atoms. The van der Waals surface area contributed by atoms with Crippen LogP contribution in [0.15, 0.2) is 28.3 Å². The molecule has 4 nitrogen and oxygen atoms in total. The van der Waals surface area contributed by atoms with Gasteiger partial charge in [0.05, 0.1) is 16.4 Å². The van der Waals surface area contributed by atoms with Gasteiger partial charge in [0.2, 0.25) is 0 Å². The van der Waals surface area contributed by atoms with Gasteiger partial charge in [0.1, 0.15) is 7.11 Å². The quantitative estimate of drug-likeness (QED) is 0.698. The van der Waals surface area contributed by atoms with Crippen LogP contribution in [0.5, 0.6) is 0 Å². The third kappa shape index (κ3) is 1.71. The van der Waals surface area contributed by atoms with Crippen LogP contribution in [-0.4, -0.2) is 27.0 Å². The summed E-state index contributed by atoms with van der Waals surface area (Å²) < 4.78 is 23.8. The Balaban J connectivity index is 2.73. The van der Waals surface area contributed by atoms with Gasteiger partial charge in [0.15, 0.2) is 9.84 Å². The predicted molar refractivity (Wildman–Crippen MR) is 61.4 cm³/mol. The minimum atomic E-state index is -3.15. The van der Waals surface area contributed by atoms with Crippen LogP contribution in [0, 0.1) is 6.92 Å². The summed E-state index contributed by atoms with van der Waals surface area (Å²) in [4.78, 5) is 5.12. The summed E-state index contributed by atoms with van der Waals surface area (Å²) in [6.07, 6.45) is 0.411. The molecule has 1 aromatic carbocycles. The van der Waals surface area contributed by atoms with Gasteiger partial charge in [-0.1, -0.05) is 17.3 Å². The monoisotopic (exact) mass is 239 g/mol. The number of hydrogen-bond donors (Lipinski definition) is 0. The summed E-state index contributed by atoms with van der Waals surface area (Å²) in [5, 5.41) is 3.90. The molecule has 1 aliphatic heterocycles. The molecule has 0 spiro atoms. The van der Waals surface area contributed by atoms with Gasteiger partial charge in [0.25, 0.3) is 0 Å². The standard InChI is InChI=1S/C11H13NO3S/c1-8-4-3-5-10-11(8)9(12-15-2)6-7-16(10,13)14/h3-5H,6-7H2,1-2H3. The molecule has 0 bridgehead atoms. The summed E-state index contributed by atoms with van der Waals surface area (Å²) in [6, 6.07) is 5.26. The van der Waals surface area contributed by atoms with E-state index in [1.54, 1.807) is 12.1 Å². The maximum absolute atomic E-state index is 11.9. The second-order valence-electron chi connectivity index (χ2n) is 3.74. The molecule has 0 saturated heterocycles. The first-order chi connectivity index (χ1) is 7.56. The highest BCUT2D eigenvalue weighted by atomic mass is 32.2. The van der Waals surface area contributed by atoms with Crippen molar-refractivity contribution in [1.29, 1.82) is 0 Å². The molecule has 0 amide bonds. The summed E-state index contributed by atoms with van der Waals surface area (Å²) in [6.45, 7) is 1.88. The zero-order valence-electron chi connectivity index (χ0n) is 9.23. The van der Waals surface area contributed by atoms with E-state index in [1.165, 1.54) is 7.11 Å². The van der Waals surface area contributed by atoms with Crippen molar-refractivity contribution in [3.63, 3.8) is 0 Å². The van der Waals surface area contributed by atoms with Crippen LogP contribution < -0.4 is 0 Å². The highest BCUT2D eigenvalue weighted by Crippen LogP contribution is 2.27. The van der Waals surface area contributed by atoms with Crippen molar-refractivity contribution in [2.75, 3.05) is 12.9 Å². The van der Waals surface area contributed by atoms with Gasteiger partial charge in [-0.2, -0.15) is 0 Å². The number of nitrogens with zero attached hydrogens (tertiary/aromatic N) is 1. The molecule has 1 heterocycles. The van der Waals surface area contributed by atoms with Gasteiger partial charge < -0.3 is 4.84 Å².